The third kappa shape index (κ3) is 2.43. The molecule has 0 fully saturated rings. The maximum atomic E-state index is 12.7. The molecule has 0 spiro atoms. The van der Waals surface area contributed by atoms with Gasteiger partial charge < -0.3 is 9.64 Å². The van der Waals surface area contributed by atoms with Crippen molar-refractivity contribution in [2.24, 2.45) is 0 Å². The molecule has 0 saturated carbocycles. The number of nitrogens with zero attached hydrogens (tertiary/aromatic N) is 1. The molecular weight excluding hydrogens is 318 g/mol. The van der Waals surface area contributed by atoms with Gasteiger partial charge in [0.2, 0.25) is 0 Å². The zero-order valence-electron chi connectivity index (χ0n) is 11.1. The van der Waals surface area contributed by atoms with Gasteiger partial charge in [-0.15, -0.1) is 0 Å². The van der Waals surface area contributed by atoms with Gasteiger partial charge in [-0.1, -0.05) is 28.1 Å². The van der Waals surface area contributed by atoms with Crippen LogP contribution < -0.4 is 9.64 Å². The van der Waals surface area contributed by atoms with E-state index in [1.54, 1.807) is 4.90 Å². The van der Waals surface area contributed by atoms with Gasteiger partial charge in [-0.25, -0.2) is 0 Å². The Morgan fingerprint density at radius 3 is 2.90 bits per heavy atom. The van der Waals surface area contributed by atoms with Crippen LogP contribution in [0.5, 0.6) is 5.75 Å². The quantitative estimate of drug-likeness (QED) is 0.795. The summed E-state index contributed by atoms with van der Waals surface area (Å²) in [4.78, 5) is 14.5. The minimum Gasteiger partial charge on any atom is -0.490 e. The third-order valence-corrected chi connectivity index (χ3v) is 3.79. The van der Waals surface area contributed by atoms with E-state index in [2.05, 4.69) is 15.9 Å². The first kappa shape index (κ1) is 13.2. The number of carbonyl (C=O) groups is 1. The van der Waals surface area contributed by atoms with Crippen LogP contribution in [0.25, 0.3) is 0 Å². The van der Waals surface area contributed by atoms with E-state index in [0.29, 0.717) is 18.7 Å². The molecule has 0 radical (unpaired) electrons. The number of anilines is 1. The summed E-state index contributed by atoms with van der Waals surface area (Å²) >= 11 is 3.40. The Kier molecular flexibility index (Phi) is 3.49. The Hall–Kier alpha value is -1.81. The van der Waals surface area contributed by atoms with E-state index in [4.69, 9.17) is 4.74 Å². The van der Waals surface area contributed by atoms with Crippen molar-refractivity contribution in [2.75, 3.05) is 18.1 Å². The maximum absolute atomic E-state index is 12.7. The topological polar surface area (TPSA) is 29.5 Å². The van der Waals surface area contributed by atoms with Crippen molar-refractivity contribution in [3.63, 3.8) is 0 Å². The third-order valence-electron chi connectivity index (χ3n) is 3.29. The Balaban J connectivity index is 2.00. The van der Waals surface area contributed by atoms with Crippen LogP contribution in [0.2, 0.25) is 0 Å². The highest BCUT2D eigenvalue weighted by Crippen LogP contribution is 2.33. The van der Waals surface area contributed by atoms with Gasteiger partial charge in [-0.05, 0) is 42.8 Å². The van der Waals surface area contributed by atoms with Gasteiger partial charge in [0.15, 0.2) is 0 Å². The van der Waals surface area contributed by atoms with Crippen molar-refractivity contribution in [3.05, 3.63) is 58.1 Å². The Morgan fingerprint density at radius 2 is 2.10 bits per heavy atom. The number of amides is 1. The smallest absolute Gasteiger partial charge is 0.258 e. The van der Waals surface area contributed by atoms with E-state index in [-0.39, 0.29) is 5.91 Å². The second kappa shape index (κ2) is 5.29. The number of hydrogen-bond acceptors (Lipinski definition) is 2. The standard InChI is InChI=1S/C16H14BrNO2/c1-11-5-6-15-14(9-11)18(7-8-20-15)16(19)12-3-2-4-13(17)10-12/h2-6,9-10H,7-8H2,1H3. The molecule has 3 rings (SSSR count). The molecule has 1 heterocycles. The first-order valence-electron chi connectivity index (χ1n) is 6.46. The van der Waals surface area contributed by atoms with Crippen molar-refractivity contribution in [1.82, 2.24) is 0 Å². The molecule has 0 aromatic heterocycles. The number of benzene rings is 2. The molecule has 2 aromatic rings. The number of halogens is 1. The lowest BCUT2D eigenvalue weighted by Gasteiger charge is -2.30. The largest absolute Gasteiger partial charge is 0.490 e. The van der Waals surface area contributed by atoms with Crippen LogP contribution in [0.1, 0.15) is 15.9 Å². The monoisotopic (exact) mass is 331 g/mol. The minimum atomic E-state index is 0.00134. The number of ether oxygens (including phenoxy) is 1. The molecule has 0 bridgehead atoms. The molecule has 1 amide bonds. The van der Waals surface area contributed by atoms with Crippen molar-refractivity contribution in [3.8, 4) is 5.75 Å². The SMILES string of the molecule is Cc1ccc2c(c1)N(C(=O)c1cccc(Br)c1)CCO2. The van der Waals surface area contributed by atoms with Crippen molar-refractivity contribution in [2.45, 2.75) is 6.92 Å². The van der Waals surface area contributed by atoms with Crippen LogP contribution in [0.4, 0.5) is 5.69 Å². The van der Waals surface area contributed by atoms with Gasteiger partial charge in [-0.3, -0.25) is 4.79 Å². The highest BCUT2D eigenvalue weighted by molar-refractivity contribution is 9.10. The fraction of sp³-hybridized carbons (Fsp3) is 0.188. The van der Waals surface area contributed by atoms with Crippen molar-refractivity contribution >= 4 is 27.5 Å². The predicted octanol–water partition coefficient (Wildman–Crippen LogP) is 3.80. The molecule has 102 valence electrons. The molecular formula is C16H14BrNO2. The van der Waals surface area contributed by atoms with E-state index in [1.165, 1.54) is 0 Å². The summed E-state index contributed by atoms with van der Waals surface area (Å²) in [6.45, 7) is 3.11. The number of aryl methyl sites for hydroxylation is 1. The summed E-state index contributed by atoms with van der Waals surface area (Å²) in [7, 11) is 0. The molecule has 0 aliphatic carbocycles. The highest BCUT2D eigenvalue weighted by Gasteiger charge is 2.24. The average Bonchev–Trinajstić information content (AvgIpc) is 2.46. The normalized spacial score (nSPS) is 13.6. The number of hydrogen-bond donors (Lipinski definition) is 0. The molecule has 1 aliphatic heterocycles. The second-order valence-corrected chi connectivity index (χ2v) is 5.70. The Labute approximate surface area is 126 Å². The summed E-state index contributed by atoms with van der Waals surface area (Å²) < 4.78 is 6.52. The summed E-state index contributed by atoms with van der Waals surface area (Å²) in [5, 5.41) is 0. The fourth-order valence-corrected chi connectivity index (χ4v) is 2.72. The van der Waals surface area contributed by atoms with Crippen molar-refractivity contribution < 1.29 is 9.53 Å². The summed E-state index contributed by atoms with van der Waals surface area (Å²) in [6, 6.07) is 13.4. The van der Waals surface area contributed by atoms with Crippen LogP contribution in [-0.4, -0.2) is 19.1 Å². The van der Waals surface area contributed by atoms with Gasteiger partial charge in [0.1, 0.15) is 12.4 Å². The molecule has 0 N–H and O–H groups in total. The first-order chi connectivity index (χ1) is 9.65. The van der Waals surface area contributed by atoms with Crippen LogP contribution >= 0.6 is 15.9 Å². The summed E-state index contributed by atoms with van der Waals surface area (Å²) in [6.07, 6.45) is 0. The minimum absolute atomic E-state index is 0.00134. The molecule has 2 aromatic carbocycles. The van der Waals surface area contributed by atoms with E-state index >= 15 is 0 Å². The highest BCUT2D eigenvalue weighted by atomic mass is 79.9. The number of rotatable bonds is 1. The van der Waals surface area contributed by atoms with Crippen LogP contribution in [0, 0.1) is 6.92 Å². The molecule has 1 aliphatic rings. The Bertz CT molecular complexity index is 669. The maximum Gasteiger partial charge on any atom is 0.258 e. The van der Waals surface area contributed by atoms with Crippen LogP contribution in [0.15, 0.2) is 46.9 Å². The van der Waals surface area contributed by atoms with E-state index in [0.717, 1.165) is 21.5 Å². The Morgan fingerprint density at radius 1 is 1.25 bits per heavy atom. The second-order valence-electron chi connectivity index (χ2n) is 4.79. The van der Waals surface area contributed by atoms with Gasteiger partial charge in [0, 0.05) is 10.0 Å². The van der Waals surface area contributed by atoms with E-state index in [9.17, 15) is 4.79 Å². The average molecular weight is 332 g/mol. The number of fused-ring (bicyclic) bond motifs is 1. The van der Waals surface area contributed by atoms with E-state index < -0.39 is 0 Å². The lowest BCUT2D eigenvalue weighted by Crippen LogP contribution is -2.38. The molecule has 3 nitrogen and oxygen atoms in total. The van der Waals surface area contributed by atoms with Gasteiger partial charge in [0.25, 0.3) is 5.91 Å². The van der Waals surface area contributed by atoms with Crippen LogP contribution in [0.3, 0.4) is 0 Å². The molecule has 0 atom stereocenters. The summed E-state index contributed by atoms with van der Waals surface area (Å²) in [5.41, 5.74) is 2.64. The zero-order valence-corrected chi connectivity index (χ0v) is 12.7. The molecule has 0 unspecified atom stereocenters. The number of carbonyl (C=O) groups excluding carboxylic acids is 1. The lowest BCUT2D eigenvalue weighted by atomic mass is 10.1. The van der Waals surface area contributed by atoms with E-state index in [1.807, 2.05) is 49.4 Å². The fourth-order valence-electron chi connectivity index (χ4n) is 2.32. The van der Waals surface area contributed by atoms with Gasteiger partial charge in [0.05, 0.1) is 12.2 Å². The van der Waals surface area contributed by atoms with Gasteiger partial charge >= 0.3 is 0 Å². The zero-order chi connectivity index (χ0) is 14.1. The van der Waals surface area contributed by atoms with Crippen LogP contribution in [-0.2, 0) is 0 Å². The van der Waals surface area contributed by atoms with Crippen molar-refractivity contribution in [1.29, 1.82) is 0 Å². The molecule has 20 heavy (non-hydrogen) atoms. The predicted molar refractivity (Wildman–Crippen MR) is 82.5 cm³/mol. The first-order valence-corrected chi connectivity index (χ1v) is 7.25. The summed E-state index contributed by atoms with van der Waals surface area (Å²) in [5.74, 6) is 0.770. The molecule has 0 saturated heterocycles. The van der Waals surface area contributed by atoms with Gasteiger partial charge in [-0.2, -0.15) is 0 Å². The lowest BCUT2D eigenvalue weighted by molar-refractivity contribution is 0.0976. The molecule has 4 heteroatoms.